The molecule has 0 radical (unpaired) electrons. The van der Waals surface area contributed by atoms with E-state index in [1.165, 1.54) is 6.92 Å². The van der Waals surface area contributed by atoms with Crippen molar-refractivity contribution in [3.05, 3.63) is 11.7 Å². The lowest BCUT2D eigenvalue weighted by Crippen LogP contribution is -2.15. The van der Waals surface area contributed by atoms with Crippen LogP contribution in [0.2, 0.25) is 0 Å². The predicted molar refractivity (Wildman–Crippen MR) is 56.9 cm³/mol. The Bertz CT molecular complexity index is 413. The standard InChI is InChI=1S/C11H15F3N2O2/c1-6(2)9(7(3)17)10-15-8(16-18-10)4-5-11(12,13)14/h6,9H,4-5H2,1-3H3. The van der Waals surface area contributed by atoms with Gasteiger partial charge in [0, 0.05) is 6.42 Å². The number of carbonyl (C=O) groups is 1. The first-order valence-corrected chi connectivity index (χ1v) is 5.60. The maximum absolute atomic E-state index is 12.0. The van der Waals surface area contributed by atoms with Gasteiger partial charge in [0.15, 0.2) is 5.82 Å². The van der Waals surface area contributed by atoms with Gasteiger partial charge >= 0.3 is 6.18 Å². The molecule has 0 saturated carbocycles. The summed E-state index contributed by atoms with van der Waals surface area (Å²) in [7, 11) is 0. The van der Waals surface area contributed by atoms with Gasteiger partial charge in [0.1, 0.15) is 5.78 Å². The molecule has 0 aliphatic carbocycles. The third kappa shape index (κ3) is 4.12. The van der Waals surface area contributed by atoms with Gasteiger partial charge in [0.05, 0.1) is 12.3 Å². The number of hydrogen-bond acceptors (Lipinski definition) is 4. The Labute approximate surface area is 103 Å². The van der Waals surface area contributed by atoms with Gasteiger partial charge in [0.2, 0.25) is 5.89 Å². The Morgan fingerprint density at radius 2 is 2.00 bits per heavy atom. The number of hydrogen-bond donors (Lipinski definition) is 0. The number of aromatic nitrogens is 2. The third-order valence-electron chi connectivity index (χ3n) is 2.49. The molecule has 0 bridgehead atoms. The summed E-state index contributed by atoms with van der Waals surface area (Å²) in [5.74, 6) is -0.671. The lowest BCUT2D eigenvalue weighted by atomic mass is 9.92. The van der Waals surface area contributed by atoms with Gasteiger partial charge in [0.25, 0.3) is 0 Å². The van der Waals surface area contributed by atoms with Crippen molar-refractivity contribution in [1.82, 2.24) is 10.1 Å². The van der Waals surface area contributed by atoms with E-state index in [2.05, 4.69) is 10.1 Å². The highest BCUT2D eigenvalue weighted by Gasteiger charge is 2.30. The molecule has 4 nitrogen and oxygen atoms in total. The zero-order valence-corrected chi connectivity index (χ0v) is 10.4. The number of aryl methyl sites for hydroxylation is 1. The van der Waals surface area contributed by atoms with E-state index >= 15 is 0 Å². The summed E-state index contributed by atoms with van der Waals surface area (Å²) in [4.78, 5) is 15.3. The minimum Gasteiger partial charge on any atom is -0.339 e. The number of halogens is 3. The summed E-state index contributed by atoms with van der Waals surface area (Å²) in [6.07, 6.45) is -5.59. The molecule has 0 aliphatic rings. The summed E-state index contributed by atoms with van der Waals surface area (Å²) in [6.45, 7) is 5.02. The molecular weight excluding hydrogens is 249 g/mol. The van der Waals surface area contributed by atoms with E-state index in [4.69, 9.17) is 4.52 Å². The van der Waals surface area contributed by atoms with Gasteiger partial charge in [-0.05, 0) is 12.8 Å². The first-order valence-electron chi connectivity index (χ1n) is 5.60. The van der Waals surface area contributed by atoms with Crippen LogP contribution in [-0.2, 0) is 11.2 Å². The second-order valence-electron chi connectivity index (χ2n) is 4.50. The fraction of sp³-hybridized carbons (Fsp3) is 0.727. The van der Waals surface area contributed by atoms with Crippen LogP contribution in [-0.4, -0.2) is 22.1 Å². The second-order valence-corrected chi connectivity index (χ2v) is 4.50. The first kappa shape index (κ1) is 14.7. The lowest BCUT2D eigenvalue weighted by Gasteiger charge is -2.12. The number of ketones is 1. The molecule has 1 unspecified atom stereocenters. The monoisotopic (exact) mass is 264 g/mol. The van der Waals surface area contributed by atoms with E-state index in [9.17, 15) is 18.0 Å². The highest BCUT2D eigenvalue weighted by Crippen LogP contribution is 2.25. The highest BCUT2D eigenvalue weighted by molar-refractivity contribution is 5.82. The van der Waals surface area contributed by atoms with E-state index in [0.717, 1.165) is 0 Å². The maximum atomic E-state index is 12.0. The molecule has 18 heavy (non-hydrogen) atoms. The quantitative estimate of drug-likeness (QED) is 0.820. The Kier molecular flexibility index (Phi) is 4.48. The Hall–Kier alpha value is -1.40. The molecule has 1 aromatic rings. The van der Waals surface area contributed by atoms with Crippen molar-refractivity contribution >= 4 is 5.78 Å². The summed E-state index contributed by atoms with van der Waals surface area (Å²) in [6, 6.07) is 0. The van der Waals surface area contributed by atoms with Crippen LogP contribution in [0.15, 0.2) is 4.52 Å². The van der Waals surface area contributed by atoms with Crippen LogP contribution in [0.3, 0.4) is 0 Å². The van der Waals surface area contributed by atoms with Gasteiger partial charge in [-0.3, -0.25) is 4.79 Å². The molecule has 0 spiro atoms. The summed E-state index contributed by atoms with van der Waals surface area (Å²) < 4.78 is 40.9. The van der Waals surface area contributed by atoms with Crippen molar-refractivity contribution in [1.29, 1.82) is 0 Å². The molecule has 0 aliphatic heterocycles. The summed E-state index contributed by atoms with van der Waals surface area (Å²) in [5, 5.41) is 3.47. The summed E-state index contributed by atoms with van der Waals surface area (Å²) in [5.41, 5.74) is 0. The Balaban J connectivity index is 2.76. The van der Waals surface area contributed by atoms with Gasteiger partial charge in [-0.2, -0.15) is 18.2 Å². The topological polar surface area (TPSA) is 56.0 Å². The van der Waals surface area contributed by atoms with E-state index in [1.54, 1.807) is 0 Å². The third-order valence-corrected chi connectivity index (χ3v) is 2.49. The molecule has 102 valence electrons. The molecule has 1 aromatic heterocycles. The van der Waals surface area contributed by atoms with Crippen molar-refractivity contribution in [2.24, 2.45) is 5.92 Å². The second kappa shape index (κ2) is 5.49. The van der Waals surface area contributed by atoms with Crippen LogP contribution in [0.1, 0.15) is 44.8 Å². The SMILES string of the molecule is CC(=O)C(c1nc(CCC(F)(F)F)no1)C(C)C. The van der Waals surface area contributed by atoms with Crippen LogP contribution in [0.25, 0.3) is 0 Å². The summed E-state index contributed by atoms with van der Waals surface area (Å²) >= 11 is 0. The van der Waals surface area contributed by atoms with Crippen molar-refractivity contribution < 1.29 is 22.5 Å². The Morgan fingerprint density at radius 3 is 2.44 bits per heavy atom. The molecule has 1 atom stereocenters. The molecule has 0 fully saturated rings. The molecule has 0 aromatic carbocycles. The van der Waals surface area contributed by atoms with Gasteiger partial charge in [-0.25, -0.2) is 0 Å². The Morgan fingerprint density at radius 1 is 1.39 bits per heavy atom. The molecule has 0 saturated heterocycles. The number of nitrogens with zero attached hydrogens (tertiary/aromatic N) is 2. The molecule has 1 heterocycles. The average Bonchev–Trinajstić information content (AvgIpc) is 2.61. The van der Waals surface area contributed by atoms with Crippen LogP contribution in [0.5, 0.6) is 0 Å². The van der Waals surface area contributed by atoms with Gasteiger partial charge in [-0.1, -0.05) is 19.0 Å². The van der Waals surface area contributed by atoms with Crippen LogP contribution >= 0.6 is 0 Å². The van der Waals surface area contributed by atoms with Crippen LogP contribution in [0.4, 0.5) is 13.2 Å². The smallest absolute Gasteiger partial charge is 0.339 e. The molecule has 1 rings (SSSR count). The van der Waals surface area contributed by atoms with Crippen molar-refractivity contribution in [2.75, 3.05) is 0 Å². The van der Waals surface area contributed by atoms with Crippen molar-refractivity contribution in [2.45, 2.75) is 45.7 Å². The van der Waals surface area contributed by atoms with E-state index in [-0.39, 0.29) is 29.8 Å². The van der Waals surface area contributed by atoms with Crippen LogP contribution < -0.4 is 0 Å². The fourth-order valence-electron chi connectivity index (χ4n) is 1.68. The number of alkyl halides is 3. The van der Waals surface area contributed by atoms with Crippen molar-refractivity contribution in [3.8, 4) is 0 Å². The predicted octanol–water partition coefficient (Wildman–Crippen LogP) is 2.89. The number of Topliss-reactive ketones (excluding diaryl/α,β-unsaturated/α-hetero) is 1. The first-order chi connectivity index (χ1) is 8.20. The zero-order chi connectivity index (χ0) is 13.9. The van der Waals surface area contributed by atoms with Crippen molar-refractivity contribution in [3.63, 3.8) is 0 Å². The normalized spacial score (nSPS) is 13.9. The van der Waals surface area contributed by atoms with E-state index in [0.29, 0.717) is 0 Å². The average molecular weight is 264 g/mol. The number of carbonyl (C=O) groups excluding carboxylic acids is 1. The van der Waals surface area contributed by atoms with Crippen LogP contribution in [0, 0.1) is 5.92 Å². The van der Waals surface area contributed by atoms with Gasteiger partial charge in [-0.15, -0.1) is 0 Å². The molecular formula is C11H15F3N2O2. The molecule has 7 heteroatoms. The molecule has 0 amide bonds. The molecule has 0 N–H and O–H groups in total. The zero-order valence-electron chi connectivity index (χ0n) is 10.4. The minimum absolute atomic E-state index is 0.0192. The highest BCUT2D eigenvalue weighted by atomic mass is 19.4. The minimum atomic E-state index is -4.25. The van der Waals surface area contributed by atoms with E-state index in [1.807, 2.05) is 13.8 Å². The largest absolute Gasteiger partial charge is 0.389 e. The fourth-order valence-corrected chi connectivity index (χ4v) is 1.68. The van der Waals surface area contributed by atoms with E-state index < -0.39 is 18.5 Å². The maximum Gasteiger partial charge on any atom is 0.389 e. The van der Waals surface area contributed by atoms with Gasteiger partial charge < -0.3 is 4.52 Å². The lowest BCUT2D eigenvalue weighted by molar-refractivity contribution is -0.134. The number of rotatable bonds is 5.